The number of nitrogens with two attached hydrogens (primary N) is 1. The van der Waals surface area contributed by atoms with Crippen molar-refractivity contribution < 1.29 is 26.3 Å². The Bertz CT molecular complexity index is 1370. The molecule has 0 radical (unpaired) electrons. The van der Waals surface area contributed by atoms with Gasteiger partial charge in [0.05, 0.1) is 17.8 Å². The van der Waals surface area contributed by atoms with Crippen molar-refractivity contribution in [2.24, 2.45) is 5.73 Å². The molecule has 0 amide bonds. The monoisotopic (exact) mass is 490 g/mol. The van der Waals surface area contributed by atoms with Gasteiger partial charge < -0.3 is 10.6 Å². The molecular weight excluding hydrogens is 470 g/mol. The molecule has 4 nitrogen and oxygen atoms in total. The number of hydrogen-bond donors (Lipinski definition) is 1. The van der Waals surface area contributed by atoms with Crippen molar-refractivity contribution in [3.63, 3.8) is 0 Å². The predicted molar refractivity (Wildman–Crippen MR) is 120 cm³/mol. The zero-order valence-electron chi connectivity index (χ0n) is 18.3. The van der Waals surface area contributed by atoms with Gasteiger partial charge in [0.15, 0.2) is 0 Å². The highest BCUT2D eigenvalue weighted by molar-refractivity contribution is 5.95. The van der Waals surface area contributed by atoms with Gasteiger partial charge in [-0.25, -0.2) is 13.2 Å². The van der Waals surface area contributed by atoms with E-state index in [0.717, 1.165) is 29.4 Å². The Labute approximate surface area is 196 Å². The van der Waals surface area contributed by atoms with Gasteiger partial charge in [-0.2, -0.15) is 18.3 Å². The molecule has 3 aromatic carbocycles. The Hall–Kier alpha value is -3.53. The maximum atomic E-state index is 14.4. The third-order valence-corrected chi connectivity index (χ3v) is 6.22. The van der Waals surface area contributed by atoms with Gasteiger partial charge in [-0.1, -0.05) is 24.3 Å². The van der Waals surface area contributed by atoms with E-state index in [-0.39, 0.29) is 22.6 Å². The van der Waals surface area contributed by atoms with Gasteiger partial charge >= 0.3 is 6.18 Å². The molecule has 5 rings (SSSR count). The van der Waals surface area contributed by atoms with E-state index < -0.39 is 41.3 Å². The average Bonchev–Trinajstić information content (AvgIpc) is 3.38. The summed E-state index contributed by atoms with van der Waals surface area (Å²) in [5, 5.41) is 4.29. The summed E-state index contributed by atoms with van der Waals surface area (Å²) in [4.78, 5) is 2.11. The van der Waals surface area contributed by atoms with E-state index >= 15 is 0 Å². The molecule has 1 aromatic heterocycles. The number of nitrogens with zero attached hydrogens (tertiary/aromatic N) is 3. The normalized spacial score (nSPS) is 16.4. The van der Waals surface area contributed by atoms with Gasteiger partial charge in [-0.05, 0) is 24.6 Å². The average molecular weight is 490 g/mol. The smallest absolute Gasteiger partial charge is 0.370 e. The molecule has 1 atom stereocenters. The Morgan fingerprint density at radius 2 is 1.66 bits per heavy atom. The molecule has 1 unspecified atom stereocenters. The van der Waals surface area contributed by atoms with E-state index in [0.29, 0.717) is 24.2 Å². The minimum absolute atomic E-state index is 0.0707. The summed E-state index contributed by atoms with van der Waals surface area (Å²) in [5.41, 5.74) is 5.86. The van der Waals surface area contributed by atoms with Crippen molar-refractivity contribution >= 4 is 16.6 Å². The topological polar surface area (TPSA) is 47.1 Å². The molecule has 4 aromatic rings. The molecule has 1 aliphatic rings. The van der Waals surface area contributed by atoms with Crippen molar-refractivity contribution in [1.29, 1.82) is 0 Å². The fourth-order valence-corrected chi connectivity index (χ4v) is 4.52. The highest BCUT2D eigenvalue weighted by atomic mass is 19.4. The summed E-state index contributed by atoms with van der Waals surface area (Å²) < 4.78 is 84.4. The summed E-state index contributed by atoms with van der Waals surface area (Å²) in [6.45, 7) is 0.958. The molecule has 1 fully saturated rings. The van der Waals surface area contributed by atoms with E-state index in [2.05, 4.69) is 10.00 Å². The highest BCUT2D eigenvalue weighted by Crippen LogP contribution is 2.38. The maximum Gasteiger partial charge on any atom is 0.418 e. The molecule has 0 bridgehead atoms. The quantitative estimate of drug-likeness (QED) is 0.372. The van der Waals surface area contributed by atoms with Crippen LogP contribution in [0.2, 0.25) is 0 Å². The van der Waals surface area contributed by atoms with Crippen LogP contribution in [0.25, 0.3) is 22.2 Å². The number of fused-ring (bicyclic) bond motifs is 1. The molecule has 2 heterocycles. The van der Waals surface area contributed by atoms with Crippen molar-refractivity contribution in [3.05, 3.63) is 83.2 Å². The third kappa shape index (κ3) is 4.34. The Balaban J connectivity index is 1.65. The van der Waals surface area contributed by atoms with Crippen LogP contribution in [-0.4, -0.2) is 28.9 Å². The van der Waals surface area contributed by atoms with Crippen molar-refractivity contribution in [2.45, 2.75) is 25.2 Å². The standard InChI is InChI=1S/C25H20F6N4/c26-15-10-21(27)19(22(28)11-15)13-35-24(18-2-1-3-20(23(18)33-35)25(29,30)31)14-4-6-17(7-5-14)34-9-8-16(32)12-34/h1-7,10-11,16H,8-9,12-13,32H2. The molecule has 35 heavy (non-hydrogen) atoms. The first-order valence-electron chi connectivity index (χ1n) is 10.9. The van der Waals surface area contributed by atoms with E-state index in [4.69, 9.17) is 5.73 Å². The molecule has 182 valence electrons. The second kappa shape index (κ2) is 8.60. The fraction of sp³-hybridized carbons (Fsp3) is 0.240. The van der Waals surface area contributed by atoms with Gasteiger partial charge in [0.25, 0.3) is 0 Å². The van der Waals surface area contributed by atoms with Crippen LogP contribution in [0.5, 0.6) is 0 Å². The zero-order valence-corrected chi connectivity index (χ0v) is 18.3. The van der Waals surface area contributed by atoms with E-state index in [1.165, 1.54) is 12.1 Å². The first kappa shape index (κ1) is 23.2. The first-order valence-corrected chi connectivity index (χ1v) is 10.9. The van der Waals surface area contributed by atoms with Crippen LogP contribution in [0.4, 0.5) is 32.0 Å². The van der Waals surface area contributed by atoms with Crippen molar-refractivity contribution in [2.75, 3.05) is 18.0 Å². The number of alkyl halides is 3. The number of anilines is 1. The largest absolute Gasteiger partial charge is 0.418 e. The lowest BCUT2D eigenvalue weighted by Crippen LogP contribution is -2.26. The summed E-state index contributed by atoms with van der Waals surface area (Å²) in [6.07, 6.45) is -3.82. The molecule has 1 aliphatic heterocycles. The van der Waals surface area contributed by atoms with Crippen LogP contribution in [0.15, 0.2) is 54.6 Å². The summed E-state index contributed by atoms with van der Waals surface area (Å²) in [5.74, 6) is -3.39. The van der Waals surface area contributed by atoms with Gasteiger partial charge in [0, 0.05) is 53.5 Å². The first-order chi connectivity index (χ1) is 16.6. The van der Waals surface area contributed by atoms with E-state index in [9.17, 15) is 26.3 Å². The molecule has 0 spiro atoms. The van der Waals surface area contributed by atoms with Crippen LogP contribution >= 0.6 is 0 Å². The van der Waals surface area contributed by atoms with Crippen molar-refractivity contribution in [1.82, 2.24) is 9.78 Å². The predicted octanol–water partition coefficient (Wildman–Crippen LogP) is 5.73. The number of rotatable bonds is 4. The third-order valence-electron chi connectivity index (χ3n) is 6.22. The molecule has 10 heteroatoms. The minimum Gasteiger partial charge on any atom is -0.370 e. The second-order valence-corrected chi connectivity index (χ2v) is 8.60. The van der Waals surface area contributed by atoms with E-state index in [1.54, 1.807) is 12.1 Å². The Morgan fingerprint density at radius 1 is 0.971 bits per heavy atom. The van der Waals surface area contributed by atoms with Gasteiger partial charge in [0.1, 0.15) is 23.0 Å². The lowest BCUT2D eigenvalue weighted by molar-refractivity contribution is -0.136. The van der Waals surface area contributed by atoms with Gasteiger partial charge in [-0.15, -0.1) is 0 Å². The molecular formula is C25H20F6N4. The van der Waals surface area contributed by atoms with Crippen LogP contribution in [0, 0.1) is 17.5 Å². The SMILES string of the molecule is NC1CCN(c2ccc(-c3c4cccc(C(F)(F)F)c4nn3Cc3c(F)cc(F)cc3F)cc2)C1. The second-order valence-electron chi connectivity index (χ2n) is 8.60. The Morgan fingerprint density at radius 3 is 2.26 bits per heavy atom. The number of aromatic nitrogens is 2. The van der Waals surface area contributed by atoms with Crippen LogP contribution in [0.3, 0.4) is 0 Å². The molecule has 0 saturated carbocycles. The van der Waals surface area contributed by atoms with Gasteiger partial charge in [0.2, 0.25) is 0 Å². The molecule has 1 saturated heterocycles. The van der Waals surface area contributed by atoms with E-state index in [1.807, 2.05) is 12.1 Å². The number of halogens is 6. The lowest BCUT2D eigenvalue weighted by Gasteiger charge is -2.18. The van der Waals surface area contributed by atoms with Crippen molar-refractivity contribution in [3.8, 4) is 11.3 Å². The fourth-order valence-electron chi connectivity index (χ4n) is 4.52. The van der Waals surface area contributed by atoms with Crippen LogP contribution in [0.1, 0.15) is 17.5 Å². The van der Waals surface area contributed by atoms with Crippen LogP contribution in [-0.2, 0) is 12.7 Å². The maximum absolute atomic E-state index is 14.4. The molecule has 0 aliphatic carbocycles. The Kier molecular flexibility index (Phi) is 5.71. The summed E-state index contributed by atoms with van der Waals surface area (Å²) in [6, 6.07) is 11.9. The number of benzene rings is 3. The van der Waals surface area contributed by atoms with Gasteiger partial charge in [-0.3, -0.25) is 4.68 Å². The summed E-state index contributed by atoms with van der Waals surface area (Å²) >= 11 is 0. The zero-order chi connectivity index (χ0) is 24.9. The molecule has 2 N–H and O–H groups in total. The lowest BCUT2D eigenvalue weighted by atomic mass is 10.0. The minimum atomic E-state index is -4.68. The summed E-state index contributed by atoms with van der Waals surface area (Å²) in [7, 11) is 0. The number of hydrogen-bond acceptors (Lipinski definition) is 3. The highest BCUT2D eigenvalue weighted by Gasteiger charge is 2.34. The van der Waals surface area contributed by atoms with Crippen LogP contribution < -0.4 is 10.6 Å².